The van der Waals surface area contributed by atoms with Crippen molar-refractivity contribution in [3.63, 3.8) is 0 Å². The van der Waals surface area contributed by atoms with Crippen LogP contribution in [0.1, 0.15) is 24.0 Å². The number of imide groups is 1. The fraction of sp³-hybridized carbons (Fsp3) is 0.333. The Labute approximate surface area is 107 Å². The highest BCUT2D eigenvalue weighted by atomic mass is 19.4. The van der Waals surface area contributed by atoms with Crippen molar-refractivity contribution < 1.29 is 22.8 Å². The molecule has 0 saturated carbocycles. The molecule has 102 valence electrons. The van der Waals surface area contributed by atoms with Gasteiger partial charge in [0.25, 0.3) is 0 Å². The van der Waals surface area contributed by atoms with Gasteiger partial charge in [-0.15, -0.1) is 0 Å². The van der Waals surface area contributed by atoms with Crippen LogP contribution in [0.15, 0.2) is 18.2 Å². The van der Waals surface area contributed by atoms with E-state index in [1.807, 2.05) is 0 Å². The van der Waals surface area contributed by atoms with Gasteiger partial charge in [0, 0.05) is 19.4 Å². The highest BCUT2D eigenvalue weighted by Gasteiger charge is 2.36. The summed E-state index contributed by atoms with van der Waals surface area (Å²) in [6.45, 7) is -0.267. The van der Waals surface area contributed by atoms with Crippen molar-refractivity contribution in [1.29, 1.82) is 0 Å². The first-order valence-corrected chi connectivity index (χ1v) is 5.60. The van der Waals surface area contributed by atoms with Crippen LogP contribution in [0.25, 0.3) is 0 Å². The Balaban J connectivity index is 2.49. The lowest BCUT2D eigenvalue weighted by atomic mass is 10.1. The van der Waals surface area contributed by atoms with Crippen molar-refractivity contribution in [2.24, 2.45) is 5.73 Å². The molecule has 0 aliphatic carbocycles. The summed E-state index contributed by atoms with van der Waals surface area (Å²) in [6.07, 6.45) is -4.52. The maximum absolute atomic E-state index is 12.9. The summed E-state index contributed by atoms with van der Waals surface area (Å²) < 4.78 is 38.6. The summed E-state index contributed by atoms with van der Waals surface area (Å²) in [4.78, 5) is 23.8. The van der Waals surface area contributed by atoms with E-state index in [9.17, 15) is 22.8 Å². The number of alkyl halides is 3. The number of hydrogen-bond donors (Lipinski definition) is 1. The first-order valence-electron chi connectivity index (χ1n) is 5.60. The first kappa shape index (κ1) is 13.5. The van der Waals surface area contributed by atoms with Gasteiger partial charge in [-0.1, -0.05) is 6.07 Å². The summed E-state index contributed by atoms with van der Waals surface area (Å²) in [6, 6.07) is 3.29. The van der Waals surface area contributed by atoms with Crippen molar-refractivity contribution in [1.82, 2.24) is 0 Å². The van der Waals surface area contributed by atoms with Gasteiger partial charge in [0.1, 0.15) is 0 Å². The second-order valence-electron chi connectivity index (χ2n) is 4.17. The van der Waals surface area contributed by atoms with Crippen molar-refractivity contribution in [3.8, 4) is 0 Å². The molecular formula is C12H11F3N2O2. The monoisotopic (exact) mass is 272 g/mol. The molecular weight excluding hydrogens is 261 g/mol. The number of carbonyl (C=O) groups excluding carboxylic acids is 2. The Bertz CT molecular complexity index is 524. The standard InChI is InChI=1S/C12H11F3N2O2/c13-12(14,15)9-5-8(2-1-7(9)6-16)17-10(18)3-4-11(17)19/h1-2,5H,3-4,6,16H2. The molecule has 4 nitrogen and oxygen atoms in total. The number of amides is 2. The zero-order chi connectivity index (χ0) is 14.2. The zero-order valence-electron chi connectivity index (χ0n) is 9.83. The molecule has 1 aliphatic rings. The van der Waals surface area contributed by atoms with Crippen molar-refractivity contribution in [2.45, 2.75) is 25.6 Å². The number of nitrogens with two attached hydrogens (primary N) is 1. The van der Waals surface area contributed by atoms with Crippen LogP contribution in [-0.4, -0.2) is 11.8 Å². The third kappa shape index (κ3) is 2.46. The number of carbonyl (C=O) groups is 2. The topological polar surface area (TPSA) is 63.4 Å². The minimum absolute atomic E-state index is 0.0266. The second-order valence-corrected chi connectivity index (χ2v) is 4.17. The number of nitrogens with zero attached hydrogens (tertiary/aromatic N) is 1. The van der Waals surface area contributed by atoms with Crippen LogP contribution in [0.4, 0.5) is 18.9 Å². The van der Waals surface area contributed by atoms with E-state index in [1.165, 1.54) is 12.1 Å². The number of hydrogen-bond acceptors (Lipinski definition) is 3. The molecule has 0 spiro atoms. The molecule has 0 radical (unpaired) electrons. The highest BCUT2D eigenvalue weighted by Crippen LogP contribution is 2.35. The van der Waals surface area contributed by atoms with Crippen LogP contribution in [0.2, 0.25) is 0 Å². The quantitative estimate of drug-likeness (QED) is 0.835. The van der Waals surface area contributed by atoms with Crippen LogP contribution in [0.5, 0.6) is 0 Å². The second kappa shape index (κ2) is 4.65. The SMILES string of the molecule is NCc1ccc(N2C(=O)CCC2=O)cc1C(F)(F)F. The molecule has 2 amide bonds. The summed E-state index contributed by atoms with van der Waals surface area (Å²) in [5.74, 6) is -0.975. The molecule has 7 heteroatoms. The Morgan fingerprint density at radius 3 is 2.21 bits per heavy atom. The predicted octanol–water partition coefficient (Wildman–Crippen LogP) is 1.82. The highest BCUT2D eigenvalue weighted by molar-refractivity contribution is 6.19. The normalized spacial score (nSPS) is 16.3. The van der Waals surface area contributed by atoms with Gasteiger partial charge >= 0.3 is 6.18 Å². The third-order valence-electron chi connectivity index (χ3n) is 2.93. The number of halogens is 3. The van der Waals surface area contributed by atoms with E-state index < -0.39 is 23.6 Å². The minimum atomic E-state index is -4.57. The maximum atomic E-state index is 12.9. The minimum Gasteiger partial charge on any atom is -0.326 e. The molecule has 0 bridgehead atoms. The van der Waals surface area contributed by atoms with E-state index in [-0.39, 0.29) is 30.6 Å². The molecule has 19 heavy (non-hydrogen) atoms. The van der Waals surface area contributed by atoms with Crippen LogP contribution in [0, 0.1) is 0 Å². The lowest BCUT2D eigenvalue weighted by Gasteiger charge is -2.18. The fourth-order valence-corrected chi connectivity index (χ4v) is 2.01. The van der Waals surface area contributed by atoms with Crippen LogP contribution in [-0.2, 0) is 22.3 Å². The van der Waals surface area contributed by atoms with Crippen molar-refractivity contribution >= 4 is 17.5 Å². The average molecular weight is 272 g/mol. The molecule has 1 aromatic rings. The van der Waals surface area contributed by atoms with E-state index in [1.54, 1.807) is 0 Å². The molecule has 1 aliphatic heterocycles. The first-order chi connectivity index (χ1) is 8.84. The third-order valence-corrected chi connectivity index (χ3v) is 2.93. The van der Waals surface area contributed by atoms with Crippen LogP contribution < -0.4 is 10.6 Å². The molecule has 1 aromatic carbocycles. The zero-order valence-corrected chi connectivity index (χ0v) is 9.83. The van der Waals surface area contributed by atoms with Crippen molar-refractivity contribution in [3.05, 3.63) is 29.3 Å². The molecule has 1 saturated heterocycles. The summed E-state index contributed by atoms with van der Waals surface area (Å²) >= 11 is 0. The lowest BCUT2D eigenvalue weighted by Crippen LogP contribution is -2.29. The molecule has 2 N–H and O–H groups in total. The fourth-order valence-electron chi connectivity index (χ4n) is 2.01. The lowest BCUT2D eigenvalue weighted by molar-refractivity contribution is -0.138. The smallest absolute Gasteiger partial charge is 0.326 e. The summed E-state index contributed by atoms with van der Waals surface area (Å²) in [7, 11) is 0. The summed E-state index contributed by atoms with van der Waals surface area (Å²) in [5, 5.41) is 0. The van der Waals surface area contributed by atoms with Gasteiger partial charge in [-0.05, 0) is 17.7 Å². The molecule has 2 rings (SSSR count). The van der Waals surface area contributed by atoms with Crippen LogP contribution in [0.3, 0.4) is 0 Å². The Morgan fingerprint density at radius 2 is 1.74 bits per heavy atom. The molecule has 1 heterocycles. The maximum Gasteiger partial charge on any atom is 0.416 e. The summed E-state index contributed by atoms with van der Waals surface area (Å²) in [5.41, 5.74) is 4.21. The van der Waals surface area contributed by atoms with Crippen LogP contribution >= 0.6 is 0 Å². The van der Waals surface area contributed by atoms with E-state index in [0.717, 1.165) is 11.0 Å². The van der Waals surface area contributed by atoms with E-state index in [4.69, 9.17) is 5.73 Å². The van der Waals surface area contributed by atoms with Gasteiger partial charge in [-0.3, -0.25) is 14.5 Å². The van der Waals surface area contributed by atoms with Gasteiger partial charge in [0.2, 0.25) is 11.8 Å². The Hall–Kier alpha value is -1.89. The number of anilines is 1. The predicted molar refractivity (Wildman–Crippen MR) is 61.1 cm³/mol. The van der Waals surface area contributed by atoms with E-state index >= 15 is 0 Å². The van der Waals surface area contributed by atoms with Gasteiger partial charge < -0.3 is 5.73 Å². The van der Waals surface area contributed by atoms with Gasteiger partial charge in [0.05, 0.1) is 11.3 Å². The number of rotatable bonds is 2. The largest absolute Gasteiger partial charge is 0.416 e. The van der Waals surface area contributed by atoms with Crippen molar-refractivity contribution in [2.75, 3.05) is 4.90 Å². The van der Waals surface area contributed by atoms with Gasteiger partial charge in [-0.2, -0.15) is 13.2 Å². The van der Waals surface area contributed by atoms with E-state index in [2.05, 4.69) is 0 Å². The van der Waals surface area contributed by atoms with Gasteiger partial charge in [-0.25, -0.2) is 0 Å². The Morgan fingerprint density at radius 1 is 1.16 bits per heavy atom. The average Bonchev–Trinajstić information content (AvgIpc) is 2.67. The molecule has 0 aromatic heterocycles. The number of benzene rings is 1. The molecule has 1 fully saturated rings. The Kier molecular flexibility index (Phi) is 3.32. The van der Waals surface area contributed by atoms with Gasteiger partial charge in [0.15, 0.2) is 0 Å². The molecule has 0 atom stereocenters. The van der Waals surface area contributed by atoms with E-state index in [0.29, 0.717) is 0 Å². The molecule has 0 unspecified atom stereocenters.